The smallest absolute Gasteiger partial charge is 0.305 e. The van der Waals surface area contributed by atoms with Gasteiger partial charge in [-0.25, -0.2) is 9.97 Å². The standard InChI is InChI=1S/C13H20N4O2/c1-16(8-5-13(18)19)11-9-12(15-10-14-11)17-6-3-2-4-7-17/h9-10H,2-8H2,1H3,(H,18,19). The van der Waals surface area contributed by atoms with Crippen LogP contribution in [-0.2, 0) is 4.79 Å². The molecule has 0 atom stereocenters. The van der Waals surface area contributed by atoms with Crippen molar-refractivity contribution in [3.8, 4) is 0 Å². The molecular weight excluding hydrogens is 244 g/mol. The summed E-state index contributed by atoms with van der Waals surface area (Å²) in [5, 5.41) is 8.70. The third kappa shape index (κ3) is 3.81. The molecule has 0 spiro atoms. The van der Waals surface area contributed by atoms with Crippen molar-refractivity contribution in [2.45, 2.75) is 25.7 Å². The van der Waals surface area contributed by atoms with Gasteiger partial charge >= 0.3 is 5.97 Å². The topological polar surface area (TPSA) is 69.6 Å². The van der Waals surface area contributed by atoms with Gasteiger partial charge in [0.15, 0.2) is 0 Å². The van der Waals surface area contributed by atoms with Crippen LogP contribution >= 0.6 is 0 Å². The van der Waals surface area contributed by atoms with E-state index < -0.39 is 5.97 Å². The van der Waals surface area contributed by atoms with Crippen LogP contribution in [0, 0.1) is 0 Å². The first-order valence-electron chi connectivity index (χ1n) is 6.67. The Kier molecular flexibility index (Phi) is 4.54. The fourth-order valence-corrected chi connectivity index (χ4v) is 2.22. The van der Waals surface area contributed by atoms with Crippen molar-refractivity contribution in [2.75, 3.05) is 36.5 Å². The first-order chi connectivity index (χ1) is 9.16. The first-order valence-corrected chi connectivity index (χ1v) is 6.67. The lowest BCUT2D eigenvalue weighted by Crippen LogP contribution is -2.30. The minimum Gasteiger partial charge on any atom is -0.481 e. The summed E-state index contributed by atoms with van der Waals surface area (Å²) < 4.78 is 0. The molecule has 0 unspecified atom stereocenters. The second-order valence-electron chi connectivity index (χ2n) is 4.85. The van der Waals surface area contributed by atoms with E-state index in [0.29, 0.717) is 6.54 Å². The molecule has 1 N–H and O–H groups in total. The Hall–Kier alpha value is -1.85. The summed E-state index contributed by atoms with van der Waals surface area (Å²) in [6.45, 7) is 2.52. The van der Waals surface area contributed by atoms with Crippen LogP contribution in [0.2, 0.25) is 0 Å². The minimum absolute atomic E-state index is 0.111. The number of nitrogens with zero attached hydrogens (tertiary/aromatic N) is 4. The van der Waals surface area contributed by atoms with Gasteiger partial charge in [-0.05, 0) is 19.3 Å². The molecule has 6 heteroatoms. The number of aromatic nitrogens is 2. The summed E-state index contributed by atoms with van der Waals surface area (Å²) in [7, 11) is 1.85. The van der Waals surface area contributed by atoms with Crippen molar-refractivity contribution in [3.63, 3.8) is 0 Å². The Bertz CT molecular complexity index is 432. The highest BCUT2D eigenvalue weighted by Crippen LogP contribution is 2.20. The van der Waals surface area contributed by atoms with E-state index in [4.69, 9.17) is 5.11 Å². The summed E-state index contributed by atoms with van der Waals surface area (Å²) in [5.74, 6) is 0.917. The number of hydrogen-bond acceptors (Lipinski definition) is 5. The van der Waals surface area contributed by atoms with Crippen LogP contribution in [0.5, 0.6) is 0 Å². The van der Waals surface area contributed by atoms with Gasteiger partial charge in [-0.15, -0.1) is 0 Å². The quantitative estimate of drug-likeness (QED) is 0.866. The molecule has 1 fully saturated rings. The average Bonchev–Trinajstić information content (AvgIpc) is 2.46. The second-order valence-corrected chi connectivity index (χ2v) is 4.85. The predicted molar refractivity (Wildman–Crippen MR) is 73.6 cm³/mol. The van der Waals surface area contributed by atoms with E-state index in [0.717, 1.165) is 24.7 Å². The van der Waals surface area contributed by atoms with E-state index in [9.17, 15) is 4.79 Å². The summed E-state index contributed by atoms with van der Waals surface area (Å²) in [6.07, 6.45) is 5.35. The van der Waals surface area contributed by atoms with Crippen LogP contribution in [0.15, 0.2) is 12.4 Å². The van der Waals surface area contributed by atoms with Gasteiger partial charge in [-0.3, -0.25) is 4.79 Å². The van der Waals surface area contributed by atoms with Crippen LogP contribution in [-0.4, -0.2) is 47.7 Å². The third-order valence-corrected chi connectivity index (χ3v) is 3.37. The van der Waals surface area contributed by atoms with Crippen molar-refractivity contribution in [2.24, 2.45) is 0 Å². The van der Waals surface area contributed by atoms with Crippen LogP contribution < -0.4 is 9.80 Å². The molecule has 0 bridgehead atoms. The van der Waals surface area contributed by atoms with Gasteiger partial charge in [-0.1, -0.05) is 0 Å². The molecule has 0 radical (unpaired) electrons. The molecule has 0 amide bonds. The number of carbonyl (C=O) groups is 1. The molecule has 0 aliphatic carbocycles. The molecule has 104 valence electrons. The highest BCUT2D eigenvalue weighted by atomic mass is 16.4. The maximum absolute atomic E-state index is 10.6. The van der Waals surface area contributed by atoms with Crippen molar-refractivity contribution in [1.29, 1.82) is 0 Å². The summed E-state index contributed by atoms with van der Waals surface area (Å²) in [4.78, 5) is 23.2. The van der Waals surface area contributed by atoms with E-state index in [1.807, 2.05) is 18.0 Å². The number of aliphatic carboxylic acids is 1. The summed E-state index contributed by atoms with van der Waals surface area (Å²) in [5.41, 5.74) is 0. The van der Waals surface area contributed by atoms with E-state index in [1.165, 1.54) is 19.3 Å². The van der Waals surface area contributed by atoms with Crippen LogP contribution in [0.3, 0.4) is 0 Å². The van der Waals surface area contributed by atoms with E-state index >= 15 is 0 Å². The summed E-state index contributed by atoms with van der Waals surface area (Å²) >= 11 is 0. The Balaban J connectivity index is 2.03. The molecule has 1 saturated heterocycles. The number of rotatable bonds is 5. The second kappa shape index (κ2) is 6.36. The minimum atomic E-state index is -0.794. The molecule has 0 saturated carbocycles. The molecule has 1 aromatic heterocycles. The van der Waals surface area contributed by atoms with Gasteiger partial charge in [0, 0.05) is 32.7 Å². The fourth-order valence-electron chi connectivity index (χ4n) is 2.22. The van der Waals surface area contributed by atoms with Crippen LogP contribution in [0.4, 0.5) is 11.6 Å². The lowest BCUT2D eigenvalue weighted by atomic mass is 10.1. The Labute approximate surface area is 113 Å². The lowest BCUT2D eigenvalue weighted by molar-refractivity contribution is -0.136. The largest absolute Gasteiger partial charge is 0.481 e. The van der Waals surface area contributed by atoms with Gasteiger partial charge in [0.2, 0.25) is 0 Å². The third-order valence-electron chi connectivity index (χ3n) is 3.37. The van der Waals surface area contributed by atoms with Gasteiger partial charge < -0.3 is 14.9 Å². The maximum atomic E-state index is 10.6. The van der Waals surface area contributed by atoms with Crippen molar-refractivity contribution >= 4 is 17.6 Å². The molecule has 1 aliphatic rings. The zero-order valence-electron chi connectivity index (χ0n) is 11.2. The van der Waals surface area contributed by atoms with Gasteiger partial charge in [0.25, 0.3) is 0 Å². The molecule has 2 heterocycles. The zero-order valence-corrected chi connectivity index (χ0v) is 11.2. The molecule has 0 aromatic carbocycles. The molecule has 1 aliphatic heterocycles. The first kappa shape index (κ1) is 13.6. The normalized spacial score (nSPS) is 15.3. The number of hydrogen-bond donors (Lipinski definition) is 1. The highest BCUT2D eigenvalue weighted by molar-refractivity contribution is 5.67. The number of carboxylic acids is 1. The highest BCUT2D eigenvalue weighted by Gasteiger charge is 2.14. The SMILES string of the molecule is CN(CCC(=O)O)c1cc(N2CCCCC2)ncn1. The molecule has 2 rings (SSSR count). The van der Waals surface area contributed by atoms with Crippen molar-refractivity contribution < 1.29 is 9.90 Å². The van der Waals surface area contributed by atoms with E-state index in [1.54, 1.807) is 6.33 Å². The van der Waals surface area contributed by atoms with E-state index in [-0.39, 0.29) is 6.42 Å². The maximum Gasteiger partial charge on any atom is 0.305 e. The fraction of sp³-hybridized carbons (Fsp3) is 0.615. The molecular formula is C13H20N4O2. The summed E-state index contributed by atoms with van der Waals surface area (Å²) in [6, 6.07) is 1.94. The average molecular weight is 264 g/mol. The van der Waals surface area contributed by atoms with Crippen LogP contribution in [0.1, 0.15) is 25.7 Å². The Morgan fingerprint density at radius 1 is 1.37 bits per heavy atom. The Morgan fingerprint density at radius 3 is 2.79 bits per heavy atom. The van der Waals surface area contributed by atoms with Gasteiger partial charge in [0.1, 0.15) is 18.0 Å². The predicted octanol–water partition coefficient (Wildman–Crippen LogP) is 1.38. The molecule has 1 aromatic rings. The monoisotopic (exact) mass is 264 g/mol. The lowest BCUT2D eigenvalue weighted by Gasteiger charge is -2.28. The van der Waals surface area contributed by atoms with E-state index in [2.05, 4.69) is 14.9 Å². The van der Waals surface area contributed by atoms with Crippen molar-refractivity contribution in [3.05, 3.63) is 12.4 Å². The van der Waals surface area contributed by atoms with Crippen molar-refractivity contribution in [1.82, 2.24) is 9.97 Å². The zero-order chi connectivity index (χ0) is 13.7. The number of piperidine rings is 1. The number of carboxylic acid groups (broad SMARTS) is 1. The van der Waals surface area contributed by atoms with Crippen LogP contribution in [0.25, 0.3) is 0 Å². The van der Waals surface area contributed by atoms with Gasteiger partial charge in [0.05, 0.1) is 6.42 Å². The number of anilines is 2. The molecule has 19 heavy (non-hydrogen) atoms. The molecule has 6 nitrogen and oxygen atoms in total. The Morgan fingerprint density at radius 2 is 2.11 bits per heavy atom. The van der Waals surface area contributed by atoms with Gasteiger partial charge in [-0.2, -0.15) is 0 Å².